The second-order valence-corrected chi connectivity index (χ2v) is 12.7. The summed E-state index contributed by atoms with van der Waals surface area (Å²) in [5.74, 6) is -0.665. The van der Waals surface area contributed by atoms with E-state index in [0.29, 0.717) is 11.1 Å². The van der Waals surface area contributed by atoms with Crippen LogP contribution in [0, 0.1) is 0 Å². The number of ether oxygens (including phenoxy) is 2. The summed E-state index contributed by atoms with van der Waals surface area (Å²) in [7, 11) is 4.92. The van der Waals surface area contributed by atoms with E-state index in [4.69, 9.17) is 9.47 Å². The number of esters is 2. The quantitative estimate of drug-likeness (QED) is 0.245. The Morgan fingerprint density at radius 1 is 0.656 bits per heavy atom. The van der Waals surface area contributed by atoms with E-state index < -0.39 is 21.8 Å². The molecule has 0 aromatic heterocycles. The summed E-state index contributed by atoms with van der Waals surface area (Å²) in [5, 5.41) is 8.70. The smallest absolute Gasteiger partial charge is 0.337 e. The van der Waals surface area contributed by atoms with Gasteiger partial charge in [-0.15, -0.1) is 0 Å². The van der Waals surface area contributed by atoms with Crippen LogP contribution in [0.3, 0.4) is 0 Å². The zero-order chi connectivity index (χ0) is 22.5. The number of hydrogen-bond acceptors (Lipinski definition) is 6. The van der Waals surface area contributed by atoms with Gasteiger partial charge in [-0.2, -0.15) is 21.8 Å². The lowest BCUT2D eigenvalue weighted by atomic mass is 10.2. The second kappa shape index (κ2) is 10.6. The van der Waals surface area contributed by atoms with Crippen molar-refractivity contribution in [1.82, 2.24) is 0 Å². The van der Waals surface area contributed by atoms with Crippen molar-refractivity contribution >= 4 is 55.3 Å². The van der Waals surface area contributed by atoms with Crippen LogP contribution in [0.1, 0.15) is 20.7 Å². The highest BCUT2D eigenvalue weighted by Crippen LogP contribution is 2.53. The van der Waals surface area contributed by atoms with Crippen molar-refractivity contribution in [2.75, 3.05) is 14.2 Å². The minimum Gasteiger partial charge on any atom is -0.465 e. The Kier molecular flexibility index (Phi) is 7.57. The van der Waals surface area contributed by atoms with E-state index >= 15 is 0 Å². The Hall–Kier alpha value is -2.26. The number of thiol groups is 2. The standard InChI is InChI=1S/C24H22O4S4/c1-27-23(25)17-7-9-19(21(15-17)31-11-3-4-12-31)29-30-20-10-8-18(24(26)28-2)16-22(20)32-13-5-6-14-32/h3-16,31-32H,1-2H3. The maximum absolute atomic E-state index is 12.1. The zero-order valence-corrected chi connectivity index (χ0v) is 20.8. The lowest BCUT2D eigenvalue weighted by molar-refractivity contribution is 0.0591. The molecule has 0 amide bonds. The Morgan fingerprint density at radius 3 is 1.38 bits per heavy atom. The largest absolute Gasteiger partial charge is 0.465 e. The Labute approximate surface area is 200 Å². The first-order valence-electron chi connectivity index (χ1n) is 9.66. The summed E-state index contributed by atoms with van der Waals surface area (Å²) in [6.45, 7) is 0. The molecule has 0 bridgehead atoms. The van der Waals surface area contributed by atoms with Crippen LogP contribution in [0.4, 0.5) is 0 Å². The Bertz CT molecular complexity index is 1050. The van der Waals surface area contributed by atoms with E-state index in [9.17, 15) is 9.59 Å². The van der Waals surface area contributed by atoms with Crippen LogP contribution in [-0.2, 0) is 9.47 Å². The van der Waals surface area contributed by atoms with Gasteiger partial charge >= 0.3 is 11.9 Å². The van der Waals surface area contributed by atoms with Gasteiger partial charge in [0.25, 0.3) is 0 Å². The van der Waals surface area contributed by atoms with Crippen molar-refractivity contribution in [1.29, 1.82) is 0 Å². The number of rotatable bonds is 7. The molecule has 32 heavy (non-hydrogen) atoms. The lowest BCUT2D eigenvalue weighted by Crippen LogP contribution is -2.01. The van der Waals surface area contributed by atoms with Crippen LogP contribution in [-0.4, -0.2) is 26.2 Å². The molecule has 166 valence electrons. The fourth-order valence-corrected chi connectivity index (χ4v) is 9.77. The molecule has 4 nitrogen and oxygen atoms in total. The maximum atomic E-state index is 12.1. The van der Waals surface area contributed by atoms with Gasteiger partial charge in [0.2, 0.25) is 0 Å². The van der Waals surface area contributed by atoms with Gasteiger partial charge in [0, 0.05) is 19.6 Å². The average Bonchev–Trinajstić information content (AvgIpc) is 3.56. The van der Waals surface area contributed by atoms with Crippen LogP contribution >= 0.6 is 43.4 Å². The number of hydrogen-bond donors (Lipinski definition) is 2. The molecule has 0 saturated heterocycles. The summed E-state index contributed by atoms with van der Waals surface area (Å²) in [6, 6.07) is 11.5. The third kappa shape index (κ3) is 5.04. The fraction of sp³-hybridized carbons (Fsp3) is 0.0833. The van der Waals surface area contributed by atoms with Crippen LogP contribution in [0.2, 0.25) is 0 Å². The Balaban J connectivity index is 1.64. The van der Waals surface area contributed by atoms with Crippen LogP contribution in [0.5, 0.6) is 0 Å². The lowest BCUT2D eigenvalue weighted by Gasteiger charge is -2.19. The van der Waals surface area contributed by atoms with Gasteiger partial charge in [0.15, 0.2) is 0 Å². The number of carbonyl (C=O) groups is 2. The SMILES string of the molecule is COC(=O)c1ccc(SSc2ccc(C(=O)OC)cc2[SH]2C=CC=C2)c([SH]2C=CC=C2)c1. The molecule has 0 atom stereocenters. The molecule has 0 N–H and O–H groups in total. The molecular formula is C24H22O4S4. The molecule has 2 aliphatic rings. The van der Waals surface area contributed by atoms with Crippen LogP contribution in [0.25, 0.3) is 0 Å². The van der Waals surface area contributed by atoms with Crippen molar-refractivity contribution in [2.45, 2.75) is 19.6 Å². The summed E-state index contributed by atoms with van der Waals surface area (Å²) >= 11 is 0. The second-order valence-electron chi connectivity index (χ2n) is 6.70. The monoisotopic (exact) mass is 502 g/mol. The molecule has 0 fully saturated rings. The first-order valence-corrected chi connectivity index (χ1v) is 14.8. The van der Waals surface area contributed by atoms with E-state index in [1.165, 1.54) is 14.2 Å². The number of methoxy groups -OCH3 is 2. The van der Waals surface area contributed by atoms with Gasteiger partial charge in [-0.3, -0.25) is 0 Å². The molecule has 4 rings (SSSR count). The number of benzene rings is 2. The van der Waals surface area contributed by atoms with Gasteiger partial charge in [0.05, 0.1) is 25.3 Å². The van der Waals surface area contributed by atoms with Gasteiger partial charge in [-0.05, 0) is 58.0 Å². The maximum Gasteiger partial charge on any atom is 0.337 e. The molecule has 0 aliphatic carbocycles. The van der Waals surface area contributed by atoms with E-state index in [-0.39, 0.29) is 11.9 Å². The molecule has 2 aromatic rings. The van der Waals surface area contributed by atoms with Gasteiger partial charge in [-0.1, -0.05) is 45.9 Å². The van der Waals surface area contributed by atoms with Crippen molar-refractivity contribution < 1.29 is 19.1 Å². The summed E-state index contributed by atoms with van der Waals surface area (Å²) in [6.07, 6.45) is 8.18. The highest BCUT2D eigenvalue weighted by atomic mass is 33.1. The molecule has 2 aliphatic heterocycles. The predicted octanol–water partition coefficient (Wildman–Crippen LogP) is 6.86. The van der Waals surface area contributed by atoms with Crippen LogP contribution < -0.4 is 0 Å². The number of carbonyl (C=O) groups excluding carboxylic acids is 2. The topological polar surface area (TPSA) is 52.6 Å². The van der Waals surface area contributed by atoms with E-state index in [1.807, 2.05) is 60.7 Å². The highest BCUT2D eigenvalue weighted by molar-refractivity contribution is 8.76. The van der Waals surface area contributed by atoms with E-state index in [0.717, 1.165) is 19.6 Å². The van der Waals surface area contributed by atoms with Gasteiger partial charge < -0.3 is 9.47 Å². The summed E-state index contributed by atoms with van der Waals surface area (Å²) in [5.41, 5.74) is 1.11. The van der Waals surface area contributed by atoms with Crippen molar-refractivity contribution in [3.8, 4) is 0 Å². The molecule has 0 saturated carbocycles. The minimum atomic E-state index is -0.602. The van der Waals surface area contributed by atoms with Crippen molar-refractivity contribution in [3.63, 3.8) is 0 Å². The van der Waals surface area contributed by atoms with Crippen molar-refractivity contribution in [2.24, 2.45) is 0 Å². The summed E-state index contributed by atoms with van der Waals surface area (Å²) in [4.78, 5) is 28.6. The normalized spacial score (nSPS) is 16.1. The molecular weight excluding hydrogens is 481 g/mol. The van der Waals surface area contributed by atoms with E-state index in [2.05, 4.69) is 21.6 Å². The van der Waals surface area contributed by atoms with Gasteiger partial charge in [-0.25, -0.2) is 9.59 Å². The molecule has 0 radical (unpaired) electrons. The average molecular weight is 503 g/mol. The third-order valence-electron chi connectivity index (χ3n) is 4.75. The molecule has 2 aromatic carbocycles. The van der Waals surface area contributed by atoms with Crippen LogP contribution in [0.15, 0.2) is 102 Å². The fourth-order valence-electron chi connectivity index (χ4n) is 3.15. The minimum absolute atomic E-state index is 0.332. The first kappa shape index (κ1) is 22.9. The summed E-state index contributed by atoms with van der Waals surface area (Å²) < 4.78 is 9.81. The first-order chi connectivity index (χ1) is 15.6. The van der Waals surface area contributed by atoms with Crippen molar-refractivity contribution in [3.05, 3.63) is 93.5 Å². The molecule has 2 heterocycles. The number of allylic oxidation sites excluding steroid dienone is 4. The van der Waals surface area contributed by atoms with Gasteiger partial charge in [0.1, 0.15) is 0 Å². The highest BCUT2D eigenvalue weighted by Gasteiger charge is 2.18. The Morgan fingerprint density at radius 2 is 1.03 bits per heavy atom. The molecule has 0 unspecified atom stereocenters. The van der Waals surface area contributed by atoms with E-state index in [1.54, 1.807) is 21.6 Å². The third-order valence-corrected chi connectivity index (χ3v) is 11.4. The molecule has 0 spiro atoms. The molecule has 8 heteroatoms. The zero-order valence-electron chi connectivity index (χ0n) is 17.4. The predicted molar refractivity (Wildman–Crippen MR) is 138 cm³/mol.